The Hall–Kier alpha value is -2.02. The Morgan fingerprint density at radius 2 is 1.90 bits per heavy atom. The first-order chi connectivity index (χ1) is 9.82. The van der Waals surface area contributed by atoms with E-state index in [2.05, 4.69) is 17.3 Å². The highest BCUT2D eigenvalue weighted by Crippen LogP contribution is 2.27. The summed E-state index contributed by atoms with van der Waals surface area (Å²) in [6.45, 7) is 2.07. The standard InChI is InChI=1S/C14H20N4O2S/c1-4-5-12-13(15)14(18(2)17-12)16-10-6-8-11(9-7-10)21(3,19)20/h6-9,16H,4-5,15H2,1-3H3. The lowest BCUT2D eigenvalue weighted by Crippen LogP contribution is -2.02. The molecule has 6 nitrogen and oxygen atoms in total. The Morgan fingerprint density at radius 3 is 2.43 bits per heavy atom. The molecule has 0 radical (unpaired) electrons. The van der Waals surface area contributed by atoms with E-state index < -0.39 is 9.84 Å². The number of anilines is 3. The van der Waals surface area contributed by atoms with Gasteiger partial charge in [0.05, 0.1) is 16.3 Å². The van der Waals surface area contributed by atoms with Gasteiger partial charge in [-0.25, -0.2) is 8.42 Å². The summed E-state index contributed by atoms with van der Waals surface area (Å²) in [5, 5.41) is 7.56. The normalized spacial score (nSPS) is 11.6. The minimum atomic E-state index is -3.18. The van der Waals surface area contributed by atoms with Gasteiger partial charge in [0.15, 0.2) is 15.7 Å². The van der Waals surface area contributed by atoms with Gasteiger partial charge in [0.2, 0.25) is 0 Å². The van der Waals surface area contributed by atoms with E-state index in [-0.39, 0.29) is 4.90 Å². The van der Waals surface area contributed by atoms with Gasteiger partial charge >= 0.3 is 0 Å². The fourth-order valence-electron chi connectivity index (χ4n) is 2.09. The van der Waals surface area contributed by atoms with E-state index in [1.54, 1.807) is 28.9 Å². The second-order valence-electron chi connectivity index (χ2n) is 5.00. The van der Waals surface area contributed by atoms with Crippen LogP contribution in [0.1, 0.15) is 19.0 Å². The monoisotopic (exact) mass is 308 g/mol. The van der Waals surface area contributed by atoms with Crippen LogP contribution in [-0.2, 0) is 23.3 Å². The van der Waals surface area contributed by atoms with Crippen LogP contribution in [0.5, 0.6) is 0 Å². The highest BCUT2D eigenvalue weighted by Gasteiger charge is 2.13. The number of nitrogens with one attached hydrogen (secondary N) is 1. The molecule has 0 bridgehead atoms. The maximum atomic E-state index is 11.4. The van der Waals surface area contributed by atoms with Crippen LogP contribution in [0.25, 0.3) is 0 Å². The van der Waals surface area contributed by atoms with Gasteiger partial charge < -0.3 is 11.1 Å². The first-order valence-electron chi connectivity index (χ1n) is 6.71. The molecule has 114 valence electrons. The molecule has 1 aromatic heterocycles. The van der Waals surface area contributed by atoms with Crippen molar-refractivity contribution >= 4 is 27.0 Å². The summed E-state index contributed by atoms with van der Waals surface area (Å²) >= 11 is 0. The van der Waals surface area contributed by atoms with E-state index in [0.717, 1.165) is 24.2 Å². The Balaban J connectivity index is 2.26. The molecule has 21 heavy (non-hydrogen) atoms. The fourth-order valence-corrected chi connectivity index (χ4v) is 2.72. The second kappa shape index (κ2) is 5.77. The van der Waals surface area contributed by atoms with Crippen LogP contribution in [0.3, 0.4) is 0 Å². The topological polar surface area (TPSA) is 90.0 Å². The van der Waals surface area contributed by atoms with E-state index in [0.29, 0.717) is 11.5 Å². The van der Waals surface area contributed by atoms with Crippen molar-refractivity contribution in [2.24, 2.45) is 7.05 Å². The molecule has 2 rings (SSSR count). The number of nitrogen functional groups attached to an aromatic ring is 1. The maximum absolute atomic E-state index is 11.4. The zero-order valence-corrected chi connectivity index (χ0v) is 13.2. The molecule has 0 aliphatic rings. The summed E-state index contributed by atoms with van der Waals surface area (Å²) in [6.07, 6.45) is 2.99. The molecule has 0 saturated carbocycles. The van der Waals surface area contributed by atoms with Crippen molar-refractivity contribution in [1.29, 1.82) is 0 Å². The van der Waals surface area contributed by atoms with Gasteiger partial charge in [0.1, 0.15) is 0 Å². The third kappa shape index (κ3) is 3.36. The van der Waals surface area contributed by atoms with E-state index in [1.807, 2.05) is 7.05 Å². The minimum absolute atomic E-state index is 0.290. The molecule has 0 aliphatic heterocycles. The smallest absolute Gasteiger partial charge is 0.175 e. The molecule has 1 aromatic carbocycles. The molecule has 0 saturated heterocycles. The molecule has 0 aliphatic carbocycles. The lowest BCUT2D eigenvalue weighted by atomic mass is 10.2. The lowest BCUT2D eigenvalue weighted by molar-refractivity contribution is 0.602. The zero-order chi connectivity index (χ0) is 15.6. The van der Waals surface area contributed by atoms with Gasteiger partial charge in [0, 0.05) is 19.0 Å². The van der Waals surface area contributed by atoms with Crippen LogP contribution in [0.4, 0.5) is 17.2 Å². The number of nitrogens with two attached hydrogens (primary N) is 1. The van der Waals surface area contributed by atoms with Crippen molar-refractivity contribution in [1.82, 2.24) is 9.78 Å². The van der Waals surface area contributed by atoms with Gasteiger partial charge in [-0.1, -0.05) is 13.3 Å². The number of aromatic nitrogens is 2. The van der Waals surface area contributed by atoms with E-state index >= 15 is 0 Å². The molecule has 1 heterocycles. The predicted molar refractivity (Wildman–Crippen MR) is 84.4 cm³/mol. The summed E-state index contributed by atoms with van der Waals surface area (Å²) in [4.78, 5) is 0.290. The lowest BCUT2D eigenvalue weighted by Gasteiger charge is -2.08. The maximum Gasteiger partial charge on any atom is 0.175 e. The first kappa shape index (κ1) is 15.4. The summed E-state index contributed by atoms with van der Waals surface area (Å²) in [5.74, 6) is 0.713. The van der Waals surface area contributed by atoms with E-state index in [4.69, 9.17) is 5.73 Å². The largest absolute Gasteiger partial charge is 0.394 e. The molecule has 0 unspecified atom stereocenters. The van der Waals surface area contributed by atoms with Crippen LogP contribution >= 0.6 is 0 Å². The van der Waals surface area contributed by atoms with Crippen molar-refractivity contribution < 1.29 is 8.42 Å². The molecule has 7 heteroatoms. The van der Waals surface area contributed by atoms with Crippen LogP contribution < -0.4 is 11.1 Å². The number of aryl methyl sites for hydroxylation is 2. The molecular weight excluding hydrogens is 288 g/mol. The Morgan fingerprint density at radius 1 is 1.29 bits per heavy atom. The summed E-state index contributed by atoms with van der Waals surface area (Å²) in [7, 11) is -1.36. The van der Waals surface area contributed by atoms with Gasteiger partial charge in [-0.2, -0.15) is 5.10 Å². The number of nitrogens with zero attached hydrogens (tertiary/aromatic N) is 2. The second-order valence-corrected chi connectivity index (χ2v) is 7.02. The molecule has 3 N–H and O–H groups in total. The van der Waals surface area contributed by atoms with Crippen molar-refractivity contribution in [3.63, 3.8) is 0 Å². The average Bonchev–Trinajstić information content (AvgIpc) is 2.67. The summed E-state index contributed by atoms with van der Waals surface area (Å²) < 4.78 is 24.6. The number of rotatable bonds is 5. The van der Waals surface area contributed by atoms with Crippen molar-refractivity contribution in [2.45, 2.75) is 24.7 Å². The molecule has 0 spiro atoms. The molecule has 0 amide bonds. The number of hydrogen-bond acceptors (Lipinski definition) is 5. The number of hydrogen-bond donors (Lipinski definition) is 2. The van der Waals surface area contributed by atoms with Gasteiger partial charge in [0.25, 0.3) is 0 Å². The Labute approximate surface area is 124 Å². The van der Waals surface area contributed by atoms with Gasteiger partial charge in [-0.15, -0.1) is 0 Å². The number of sulfone groups is 1. The van der Waals surface area contributed by atoms with E-state index in [9.17, 15) is 8.42 Å². The summed E-state index contributed by atoms with van der Waals surface area (Å²) in [6, 6.07) is 6.55. The predicted octanol–water partition coefficient (Wildman–Crippen LogP) is 2.10. The van der Waals surface area contributed by atoms with Crippen molar-refractivity contribution in [2.75, 3.05) is 17.3 Å². The minimum Gasteiger partial charge on any atom is -0.394 e. The Bertz CT molecular complexity index is 733. The quantitative estimate of drug-likeness (QED) is 0.883. The van der Waals surface area contributed by atoms with Crippen LogP contribution in [0, 0.1) is 0 Å². The van der Waals surface area contributed by atoms with Crippen molar-refractivity contribution in [3.8, 4) is 0 Å². The average molecular weight is 308 g/mol. The van der Waals surface area contributed by atoms with Crippen molar-refractivity contribution in [3.05, 3.63) is 30.0 Å². The van der Waals surface area contributed by atoms with E-state index in [1.165, 1.54) is 6.26 Å². The van der Waals surface area contributed by atoms with Crippen LogP contribution in [0.2, 0.25) is 0 Å². The highest BCUT2D eigenvalue weighted by atomic mass is 32.2. The van der Waals surface area contributed by atoms with Gasteiger partial charge in [-0.3, -0.25) is 4.68 Å². The highest BCUT2D eigenvalue weighted by molar-refractivity contribution is 7.90. The first-order valence-corrected chi connectivity index (χ1v) is 8.60. The van der Waals surface area contributed by atoms with Crippen LogP contribution in [-0.4, -0.2) is 24.5 Å². The number of benzene rings is 1. The summed E-state index contributed by atoms with van der Waals surface area (Å²) in [5.41, 5.74) is 8.36. The third-order valence-electron chi connectivity index (χ3n) is 3.19. The molecule has 0 fully saturated rings. The van der Waals surface area contributed by atoms with Crippen LogP contribution in [0.15, 0.2) is 29.2 Å². The molecule has 0 atom stereocenters. The SMILES string of the molecule is CCCc1nn(C)c(Nc2ccc(S(C)(=O)=O)cc2)c1N. The Kier molecular flexibility index (Phi) is 4.22. The zero-order valence-electron chi connectivity index (χ0n) is 12.4. The third-order valence-corrected chi connectivity index (χ3v) is 4.32. The molecular formula is C14H20N4O2S. The van der Waals surface area contributed by atoms with Gasteiger partial charge in [-0.05, 0) is 30.7 Å². The fraction of sp³-hybridized carbons (Fsp3) is 0.357. The molecule has 2 aromatic rings.